The molecule has 22 heavy (non-hydrogen) atoms. The molecule has 0 bridgehead atoms. The van der Waals surface area contributed by atoms with Gasteiger partial charge in [-0.3, -0.25) is 9.78 Å². The molecule has 1 aromatic heterocycles. The fourth-order valence-electron chi connectivity index (χ4n) is 1.97. The second-order valence-electron chi connectivity index (χ2n) is 4.97. The Bertz CT molecular complexity index is 585. The lowest BCUT2D eigenvalue weighted by Crippen LogP contribution is -2.31. The molecule has 1 atom stereocenters. The number of hydrogen-bond donors (Lipinski definition) is 2. The monoisotopic (exact) mass is 300 g/mol. The molecule has 0 radical (unpaired) electrons. The number of hydrogen-bond acceptors (Lipinski definition) is 4. The first-order valence-electron chi connectivity index (χ1n) is 7.33. The second kappa shape index (κ2) is 8.14. The van der Waals surface area contributed by atoms with Crippen molar-refractivity contribution in [3.05, 3.63) is 54.4 Å². The summed E-state index contributed by atoms with van der Waals surface area (Å²) in [5, 5.41) is 12.3. The fourth-order valence-corrected chi connectivity index (χ4v) is 1.97. The minimum atomic E-state index is -0.498. The summed E-state index contributed by atoms with van der Waals surface area (Å²) in [5.41, 5.74) is 0.530. The number of rotatable bonds is 7. The number of nitrogens with zero attached hydrogens (tertiary/aromatic N) is 1. The fraction of sp³-hybridized carbons (Fsp3) is 0.294. The van der Waals surface area contributed by atoms with Gasteiger partial charge in [0.15, 0.2) is 0 Å². The first kappa shape index (κ1) is 16.0. The number of benzene rings is 1. The van der Waals surface area contributed by atoms with Crippen molar-refractivity contribution in [2.45, 2.75) is 25.9 Å². The number of carbonyl (C=O) groups excluding carboxylic acids is 1. The minimum Gasteiger partial charge on any atom is -0.456 e. The molecule has 1 heterocycles. The van der Waals surface area contributed by atoms with Gasteiger partial charge in [0, 0.05) is 18.3 Å². The lowest BCUT2D eigenvalue weighted by atomic mass is 10.2. The summed E-state index contributed by atoms with van der Waals surface area (Å²) in [6, 6.07) is 10.4. The Kier molecular flexibility index (Phi) is 5.91. The highest BCUT2D eigenvalue weighted by Gasteiger charge is 2.08. The molecule has 0 aliphatic rings. The van der Waals surface area contributed by atoms with E-state index >= 15 is 0 Å². The van der Waals surface area contributed by atoms with Crippen molar-refractivity contribution in [2.75, 3.05) is 6.54 Å². The van der Waals surface area contributed by atoms with E-state index in [9.17, 15) is 9.90 Å². The number of nitrogens with one attached hydrogen (secondary N) is 1. The van der Waals surface area contributed by atoms with Crippen molar-refractivity contribution >= 4 is 5.91 Å². The molecule has 0 aliphatic heterocycles. The van der Waals surface area contributed by atoms with Gasteiger partial charge in [-0.05, 0) is 42.8 Å². The molecular weight excluding hydrogens is 280 g/mol. The van der Waals surface area contributed by atoms with Crippen LogP contribution >= 0.6 is 0 Å². The zero-order valence-corrected chi connectivity index (χ0v) is 12.5. The van der Waals surface area contributed by atoms with Crippen LogP contribution in [0.25, 0.3) is 0 Å². The summed E-state index contributed by atoms with van der Waals surface area (Å²) in [6.45, 7) is 2.26. The Morgan fingerprint density at radius 2 is 2.05 bits per heavy atom. The minimum absolute atomic E-state index is 0.205. The van der Waals surface area contributed by atoms with Crippen molar-refractivity contribution in [2.24, 2.45) is 0 Å². The number of ether oxygens (including phenoxy) is 1. The molecule has 1 amide bonds. The maximum atomic E-state index is 11.9. The zero-order chi connectivity index (χ0) is 15.8. The van der Waals surface area contributed by atoms with Gasteiger partial charge >= 0.3 is 0 Å². The maximum absolute atomic E-state index is 11.9. The lowest BCUT2D eigenvalue weighted by Gasteiger charge is -2.11. The summed E-state index contributed by atoms with van der Waals surface area (Å²) in [4.78, 5) is 15.9. The molecule has 5 nitrogen and oxygen atoms in total. The molecule has 5 heteroatoms. The highest BCUT2D eigenvalue weighted by molar-refractivity contribution is 5.94. The molecule has 0 spiro atoms. The van der Waals surface area contributed by atoms with E-state index in [0.29, 0.717) is 23.5 Å². The van der Waals surface area contributed by atoms with Crippen molar-refractivity contribution in [1.29, 1.82) is 0 Å². The predicted octanol–water partition coefficient (Wildman–Crippen LogP) is 2.76. The molecule has 116 valence electrons. The summed E-state index contributed by atoms with van der Waals surface area (Å²) in [7, 11) is 0. The smallest absolute Gasteiger partial charge is 0.251 e. The second-order valence-corrected chi connectivity index (χ2v) is 4.97. The van der Waals surface area contributed by atoms with Crippen molar-refractivity contribution < 1.29 is 14.6 Å². The van der Waals surface area contributed by atoms with E-state index in [2.05, 4.69) is 10.3 Å². The van der Waals surface area contributed by atoms with E-state index in [1.165, 1.54) is 0 Å². The number of amides is 1. The van der Waals surface area contributed by atoms with Crippen LogP contribution in [-0.2, 0) is 0 Å². The van der Waals surface area contributed by atoms with Crippen LogP contribution in [0, 0.1) is 0 Å². The highest BCUT2D eigenvalue weighted by Crippen LogP contribution is 2.20. The van der Waals surface area contributed by atoms with Gasteiger partial charge in [-0.1, -0.05) is 13.3 Å². The van der Waals surface area contributed by atoms with Gasteiger partial charge in [0.05, 0.1) is 12.3 Å². The van der Waals surface area contributed by atoms with Gasteiger partial charge in [-0.15, -0.1) is 0 Å². The van der Waals surface area contributed by atoms with E-state index in [1.807, 2.05) is 13.0 Å². The van der Waals surface area contributed by atoms with Gasteiger partial charge < -0.3 is 15.2 Å². The van der Waals surface area contributed by atoms with Crippen molar-refractivity contribution in [3.63, 3.8) is 0 Å². The zero-order valence-electron chi connectivity index (χ0n) is 12.5. The molecule has 0 fully saturated rings. The topological polar surface area (TPSA) is 71.5 Å². The van der Waals surface area contributed by atoms with Crippen LogP contribution in [0.5, 0.6) is 11.5 Å². The van der Waals surface area contributed by atoms with Crippen LogP contribution in [0.1, 0.15) is 30.1 Å². The van der Waals surface area contributed by atoms with E-state index in [0.717, 1.165) is 6.42 Å². The Morgan fingerprint density at radius 1 is 1.27 bits per heavy atom. The highest BCUT2D eigenvalue weighted by atomic mass is 16.5. The Labute approximate surface area is 130 Å². The lowest BCUT2D eigenvalue weighted by molar-refractivity contribution is 0.0910. The molecule has 2 aromatic rings. The van der Waals surface area contributed by atoms with E-state index < -0.39 is 6.10 Å². The largest absolute Gasteiger partial charge is 0.456 e. The van der Waals surface area contributed by atoms with Crippen LogP contribution < -0.4 is 10.1 Å². The summed E-state index contributed by atoms with van der Waals surface area (Å²) in [6.07, 6.45) is 4.36. The van der Waals surface area contributed by atoms with Crippen LogP contribution in [0.3, 0.4) is 0 Å². The number of aromatic nitrogens is 1. The average molecular weight is 300 g/mol. The first-order valence-corrected chi connectivity index (χ1v) is 7.33. The Morgan fingerprint density at radius 3 is 2.68 bits per heavy atom. The average Bonchev–Trinajstić information content (AvgIpc) is 2.54. The molecule has 0 saturated heterocycles. The van der Waals surface area contributed by atoms with Crippen LogP contribution in [-0.4, -0.2) is 28.6 Å². The number of carbonyl (C=O) groups is 1. The van der Waals surface area contributed by atoms with Gasteiger partial charge in [-0.2, -0.15) is 0 Å². The molecule has 1 unspecified atom stereocenters. The van der Waals surface area contributed by atoms with Gasteiger partial charge in [-0.25, -0.2) is 0 Å². The Hall–Kier alpha value is -2.40. The van der Waals surface area contributed by atoms with Gasteiger partial charge in [0.25, 0.3) is 5.91 Å². The van der Waals surface area contributed by atoms with Gasteiger partial charge in [0.2, 0.25) is 0 Å². The third kappa shape index (κ3) is 4.86. The van der Waals surface area contributed by atoms with Gasteiger partial charge in [0.1, 0.15) is 11.5 Å². The number of aliphatic hydroxyl groups excluding tert-OH is 1. The van der Waals surface area contributed by atoms with E-state index in [-0.39, 0.29) is 12.5 Å². The first-order chi connectivity index (χ1) is 10.7. The maximum Gasteiger partial charge on any atom is 0.251 e. The normalized spacial score (nSPS) is 11.7. The SMILES string of the molecule is CCCC(O)CNC(=O)c1ccc(Oc2cccnc2)cc1. The number of pyridine rings is 1. The summed E-state index contributed by atoms with van der Waals surface area (Å²) >= 11 is 0. The quantitative estimate of drug-likeness (QED) is 0.825. The number of aliphatic hydroxyl groups is 1. The van der Waals surface area contributed by atoms with Crippen molar-refractivity contribution in [1.82, 2.24) is 10.3 Å². The third-order valence-corrected chi connectivity index (χ3v) is 3.11. The van der Waals surface area contributed by atoms with Crippen LogP contribution in [0.2, 0.25) is 0 Å². The predicted molar refractivity (Wildman–Crippen MR) is 84.0 cm³/mol. The summed E-state index contributed by atoms with van der Waals surface area (Å²) < 4.78 is 5.61. The third-order valence-electron chi connectivity index (χ3n) is 3.11. The van der Waals surface area contributed by atoms with Crippen LogP contribution in [0.15, 0.2) is 48.8 Å². The van der Waals surface area contributed by atoms with E-state index in [4.69, 9.17) is 4.74 Å². The Balaban J connectivity index is 1.89. The van der Waals surface area contributed by atoms with Crippen LogP contribution in [0.4, 0.5) is 0 Å². The van der Waals surface area contributed by atoms with Crippen molar-refractivity contribution in [3.8, 4) is 11.5 Å². The molecule has 0 aliphatic carbocycles. The molecule has 0 saturated carbocycles. The molecular formula is C17H20N2O3. The molecule has 2 N–H and O–H groups in total. The molecule has 2 rings (SSSR count). The standard InChI is InChI=1S/C17H20N2O3/c1-2-4-14(20)11-19-17(21)13-6-8-15(9-7-13)22-16-5-3-10-18-12-16/h3,5-10,12,14,20H,2,4,11H2,1H3,(H,19,21). The van der Waals surface area contributed by atoms with E-state index in [1.54, 1.807) is 42.7 Å². The molecule has 1 aromatic carbocycles. The summed E-state index contributed by atoms with van der Waals surface area (Å²) in [5.74, 6) is 1.07.